The van der Waals surface area contributed by atoms with Gasteiger partial charge in [-0.05, 0) is 48.7 Å². The predicted molar refractivity (Wildman–Crippen MR) is 98.5 cm³/mol. The smallest absolute Gasteiger partial charge is 0.253 e. The predicted octanol–water partition coefficient (Wildman–Crippen LogP) is 5.02. The van der Waals surface area contributed by atoms with E-state index in [0.717, 1.165) is 6.42 Å². The summed E-state index contributed by atoms with van der Waals surface area (Å²) >= 11 is 0. The lowest BCUT2D eigenvalue weighted by Crippen LogP contribution is -2.33. The number of amides is 1. The van der Waals surface area contributed by atoms with Gasteiger partial charge in [0.2, 0.25) is 0 Å². The van der Waals surface area contributed by atoms with Crippen molar-refractivity contribution in [3.05, 3.63) is 59.9 Å². The Hall–Kier alpha value is -2.87. The van der Waals surface area contributed by atoms with Crippen molar-refractivity contribution < 1.29 is 13.9 Å². The number of nitriles is 1. The highest BCUT2D eigenvalue weighted by Gasteiger charge is 2.16. The van der Waals surface area contributed by atoms with Gasteiger partial charge in [0, 0.05) is 24.7 Å². The van der Waals surface area contributed by atoms with Gasteiger partial charge in [-0.2, -0.15) is 5.26 Å². The normalized spacial score (nSPS) is 10.4. The Kier molecular flexibility index (Phi) is 7.16. The highest BCUT2D eigenvalue weighted by Crippen LogP contribution is 2.22. The van der Waals surface area contributed by atoms with Crippen LogP contribution in [0, 0.1) is 23.1 Å². The van der Waals surface area contributed by atoms with E-state index in [-0.39, 0.29) is 11.7 Å². The fourth-order valence-corrected chi connectivity index (χ4v) is 2.43. The Balaban J connectivity index is 2.06. The van der Waals surface area contributed by atoms with Crippen molar-refractivity contribution >= 4 is 5.91 Å². The van der Waals surface area contributed by atoms with Gasteiger partial charge in [-0.25, -0.2) is 4.39 Å². The summed E-state index contributed by atoms with van der Waals surface area (Å²) in [7, 11) is 0. The van der Waals surface area contributed by atoms with Crippen LogP contribution in [0.15, 0.2) is 48.5 Å². The molecular weight excluding hydrogens is 331 g/mol. The summed E-state index contributed by atoms with van der Waals surface area (Å²) in [5.74, 6) is 0.940. The first kappa shape index (κ1) is 19.5. The fourth-order valence-electron chi connectivity index (χ4n) is 2.43. The monoisotopic (exact) mass is 354 g/mol. The molecule has 136 valence electrons. The Morgan fingerprint density at radius 2 is 1.88 bits per heavy atom. The number of ether oxygens (including phenoxy) is 1. The number of benzene rings is 2. The summed E-state index contributed by atoms with van der Waals surface area (Å²) in [6.07, 6.45) is 1.20. The Morgan fingerprint density at radius 1 is 1.15 bits per heavy atom. The van der Waals surface area contributed by atoms with E-state index in [0.29, 0.717) is 42.5 Å². The molecule has 0 bridgehead atoms. The second-order valence-corrected chi connectivity index (χ2v) is 6.47. The zero-order chi connectivity index (χ0) is 18.9. The second kappa shape index (κ2) is 9.57. The van der Waals surface area contributed by atoms with Crippen molar-refractivity contribution in [1.29, 1.82) is 5.26 Å². The fraction of sp³-hybridized carbons (Fsp3) is 0.333. The molecule has 0 heterocycles. The van der Waals surface area contributed by atoms with Crippen molar-refractivity contribution in [2.45, 2.75) is 26.7 Å². The zero-order valence-corrected chi connectivity index (χ0v) is 15.1. The van der Waals surface area contributed by atoms with Crippen LogP contribution < -0.4 is 4.74 Å². The average molecular weight is 354 g/mol. The molecule has 0 spiro atoms. The van der Waals surface area contributed by atoms with Crippen LogP contribution in [0.25, 0.3) is 0 Å². The number of hydrogen-bond donors (Lipinski definition) is 0. The van der Waals surface area contributed by atoms with E-state index in [2.05, 4.69) is 19.9 Å². The lowest BCUT2D eigenvalue weighted by molar-refractivity contribution is 0.0752. The zero-order valence-electron chi connectivity index (χ0n) is 15.1. The highest BCUT2D eigenvalue weighted by atomic mass is 19.1. The van der Waals surface area contributed by atoms with Crippen LogP contribution in [-0.4, -0.2) is 23.9 Å². The third kappa shape index (κ3) is 5.89. The van der Waals surface area contributed by atoms with Crippen molar-refractivity contribution in [2.24, 2.45) is 5.92 Å². The molecule has 0 aromatic heterocycles. The number of hydrogen-bond acceptors (Lipinski definition) is 3. The number of nitrogens with zero attached hydrogens (tertiary/aromatic N) is 2. The summed E-state index contributed by atoms with van der Waals surface area (Å²) in [6.45, 7) is 5.25. The maximum Gasteiger partial charge on any atom is 0.253 e. The van der Waals surface area contributed by atoms with Gasteiger partial charge >= 0.3 is 0 Å². The number of carbonyl (C=O) groups is 1. The summed E-state index contributed by atoms with van der Waals surface area (Å²) in [6, 6.07) is 14.7. The molecule has 0 aliphatic carbocycles. The third-order valence-corrected chi connectivity index (χ3v) is 3.89. The van der Waals surface area contributed by atoms with Gasteiger partial charge < -0.3 is 9.64 Å². The van der Waals surface area contributed by atoms with Crippen LogP contribution in [0.3, 0.4) is 0 Å². The molecule has 26 heavy (non-hydrogen) atoms. The van der Waals surface area contributed by atoms with Crippen LogP contribution in [0.4, 0.5) is 4.39 Å². The van der Waals surface area contributed by atoms with E-state index >= 15 is 0 Å². The lowest BCUT2D eigenvalue weighted by Gasteiger charge is -2.22. The number of rotatable bonds is 8. The van der Waals surface area contributed by atoms with Gasteiger partial charge in [-0.1, -0.05) is 19.9 Å². The average Bonchev–Trinajstić information content (AvgIpc) is 2.62. The van der Waals surface area contributed by atoms with Gasteiger partial charge in [0.05, 0.1) is 12.5 Å². The molecular formula is C21H23FN2O2. The van der Waals surface area contributed by atoms with Crippen molar-refractivity contribution in [3.63, 3.8) is 0 Å². The third-order valence-electron chi connectivity index (χ3n) is 3.89. The molecule has 2 aromatic carbocycles. The first-order chi connectivity index (χ1) is 12.5. The molecule has 0 radical (unpaired) electrons. The van der Waals surface area contributed by atoms with Crippen LogP contribution in [0.2, 0.25) is 0 Å². The summed E-state index contributed by atoms with van der Waals surface area (Å²) < 4.78 is 18.8. The second-order valence-electron chi connectivity index (χ2n) is 6.47. The maximum atomic E-state index is 13.2. The maximum absolute atomic E-state index is 13.2. The SMILES string of the molecule is CC(C)CCN(CCC#N)C(=O)c1ccc(Oc2cccc(F)c2)cc1. The first-order valence-corrected chi connectivity index (χ1v) is 8.69. The van der Waals surface area contributed by atoms with E-state index in [9.17, 15) is 9.18 Å². The minimum atomic E-state index is -0.368. The molecule has 0 saturated heterocycles. The minimum Gasteiger partial charge on any atom is -0.457 e. The molecule has 2 aromatic rings. The molecule has 2 rings (SSSR count). The quantitative estimate of drug-likeness (QED) is 0.669. The molecule has 0 aliphatic rings. The topological polar surface area (TPSA) is 53.3 Å². The summed E-state index contributed by atoms with van der Waals surface area (Å²) in [4.78, 5) is 14.4. The summed E-state index contributed by atoms with van der Waals surface area (Å²) in [5, 5.41) is 8.81. The molecule has 5 heteroatoms. The largest absolute Gasteiger partial charge is 0.457 e. The summed E-state index contributed by atoms with van der Waals surface area (Å²) in [5.41, 5.74) is 0.540. The Morgan fingerprint density at radius 3 is 2.50 bits per heavy atom. The van der Waals surface area contributed by atoms with Gasteiger partial charge in [-0.3, -0.25) is 4.79 Å². The minimum absolute atomic E-state index is 0.0989. The van der Waals surface area contributed by atoms with E-state index in [1.807, 2.05) is 0 Å². The van der Waals surface area contributed by atoms with Crippen LogP contribution in [-0.2, 0) is 0 Å². The molecule has 0 N–H and O–H groups in total. The molecule has 0 aliphatic heterocycles. The van der Waals surface area contributed by atoms with E-state index in [4.69, 9.17) is 10.00 Å². The standard InChI is InChI=1S/C21H23FN2O2/c1-16(2)11-14-24(13-4-12-23)21(25)17-7-9-19(10-8-17)26-20-6-3-5-18(22)15-20/h3,5-10,15-16H,4,11,13-14H2,1-2H3. The molecule has 4 nitrogen and oxygen atoms in total. The van der Waals surface area contributed by atoms with Gasteiger partial charge in [0.1, 0.15) is 17.3 Å². The molecule has 0 atom stereocenters. The Labute approximate surface area is 153 Å². The first-order valence-electron chi connectivity index (χ1n) is 8.69. The number of halogens is 1. The molecule has 0 unspecified atom stereocenters. The van der Waals surface area contributed by atoms with E-state index < -0.39 is 0 Å². The van der Waals surface area contributed by atoms with E-state index in [1.54, 1.807) is 41.3 Å². The van der Waals surface area contributed by atoms with Gasteiger partial charge in [0.15, 0.2) is 0 Å². The van der Waals surface area contributed by atoms with Gasteiger partial charge in [0.25, 0.3) is 5.91 Å². The van der Waals surface area contributed by atoms with Crippen LogP contribution in [0.5, 0.6) is 11.5 Å². The Bertz CT molecular complexity index is 766. The van der Waals surface area contributed by atoms with E-state index in [1.165, 1.54) is 12.1 Å². The number of carbonyl (C=O) groups excluding carboxylic acids is 1. The molecule has 0 fully saturated rings. The molecule has 1 amide bonds. The highest BCUT2D eigenvalue weighted by molar-refractivity contribution is 5.94. The lowest BCUT2D eigenvalue weighted by atomic mass is 10.1. The van der Waals surface area contributed by atoms with Gasteiger partial charge in [-0.15, -0.1) is 0 Å². The van der Waals surface area contributed by atoms with Crippen LogP contribution in [0.1, 0.15) is 37.0 Å². The van der Waals surface area contributed by atoms with Crippen molar-refractivity contribution in [1.82, 2.24) is 4.90 Å². The van der Waals surface area contributed by atoms with Crippen LogP contribution >= 0.6 is 0 Å². The molecule has 0 saturated carbocycles. The van der Waals surface area contributed by atoms with Crippen molar-refractivity contribution in [2.75, 3.05) is 13.1 Å². The van der Waals surface area contributed by atoms with Crippen molar-refractivity contribution in [3.8, 4) is 17.6 Å².